The highest BCUT2D eigenvalue weighted by molar-refractivity contribution is 5.89. The van der Waals surface area contributed by atoms with Gasteiger partial charge in [0.05, 0.1) is 20.2 Å². The number of nitrogens with one attached hydrogen (secondary N) is 3. The van der Waals surface area contributed by atoms with Crippen molar-refractivity contribution in [3.8, 4) is 0 Å². The topological polar surface area (TPSA) is 151 Å². The molecule has 0 aromatic carbocycles. The number of hydrogen-bond acceptors (Lipinski definition) is 6. The SMILES string of the molecule is COC(=O)CCCCC(=O)NCC(=O)NCC(=O)NCC(=O)O. The van der Waals surface area contributed by atoms with Crippen molar-refractivity contribution in [3.63, 3.8) is 0 Å². The van der Waals surface area contributed by atoms with E-state index in [-0.39, 0.29) is 37.8 Å². The third kappa shape index (κ3) is 12.8. The predicted octanol–water partition coefficient (Wildman–Crippen LogP) is -1.85. The molecule has 0 saturated carbocycles. The number of hydrogen-bond donors (Lipinski definition) is 4. The molecule has 0 fully saturated rings. The summed E-state index contributed by atoms with van der Waals surface area (Å²) in [6.45, 7) is -1.19. The van der Waals surface area contributed by atoms with E-state index in [0.29, 0.717) is 12.8 Å². The Hall–Kier alpha value is -2.65. The molecule has 0 aliphatic heterocycles. The van der Waals surface area contributed by atoms with E-state index < -0.39 is 24.3 Å². The van der Waals surface area contributed by atoms with Crippen molar-refractivity contribution >= 4 is 29.7 Å². The van der Waals surface area contributed by atoms with Gasteiger partial charge in [-0.25, -0.2) is 0 Å². The van der Waals surface area contributed by atoms with Crippen LogP contribution in [0.2, 0.25) is 0 Å². The maximum Gasteiger partial charge on any atom is 0.322 e. The van der Waals surface area contributed by atoms with E-state index in [0.717, 1.165) is 0 Å². The van der Waals surface area contributed by atoms with Gasteiger partial charge in [0.15, 0.2) is 0 Å². The van der Waals surface area contributed by atoms with E-state index in [1.807, 2.05) is 0 Å². The van der Waals surface area contributed by atoms with Gasteiger partial charge in [0.25, 0.3) is 0 Å². The Kier molecular flexibility index (Phi) is 10.6. The molecule has 23 heavy (non-hydrogen) atoms. The standard InChI is InChI=1S/C13H21N3O7/c1-23-13(22)5-3-2-4-9(17)14-6-10(18)15-7-11(19)16-8-12(20)21/h2-8H2,1H3,(H,14,17)(H,15,18)(H,16,19)(H,20,21). The molecule has 10 heteroatoms. The van der Waals surface area contributed by atoms with Gasteiger partial charge in [-0.3, -0.25) is 24.0 Å². The van der Waals surface area contributed by atoms with Crippen LogP contribution in [0.1, 0.15) is 25.7 Å². The van der Waals surface area contributed by atoms with Gasteiger partial charge in [-0.15, -0.1) is 0 Å². The van der Waals surface area contributed by atoms with Crippen LogP contribution >= 0.6 is 0 Å². The van der Waals surface area contributed by atoms with Crippen LogP contribution in [-0.4, -0.2) is 61.5 Å². The number of amides is 3. The van der Waals surface area contributed by atoms with Crippen molar-refractivity contribution in [2.45, 2.75) is 25.7 Å². The molecule has 0 bridgehead atoms. The van der Waals surface area contributed by atoms with Gasteiger partial charge < -0.3 is 25.8 Å². The van der Waals surface area contributed by atoms with Crippen LogP contribution in [0.5, 0.6) is 0 Å². The summed E-state index contributed by atoms with van der Waals surface area (Å²) < 4.78 is 4.46. The number of methoxy groups -OCH3 is 1. The Labute approximate surface area is 132 Å². The number of carboxylic acid groups (broad SMARTS) is 1. The van der Waals surface area contributed by atoms with Gasteiger partial charge in [0, 0.05) is 12.8 Å². The molecule has 0 rings (SSSR count). The van der Waals surface area contributed by atoms with Gasteiger partial charge in [-0.05, 0) is 12.8 Å². The number of carbonyl (C=O) groups is 5. The number of rotatable bonds is 11. The molecule has 0 aromatic rings. The van der Waals surface area contributed by atoms with Gasteiger partial charge in [-0.1, -0.05) is 0 Å². The minimum atomic E-state index is -1.19. The zero-order chi connectivity index (χ0) is 17.7. The van der Waals surface area contributed by atoms with Crippen molar-refractivity contribution in [1.29, 1.82) is 0 Å². The molecule has 0 aromatic heterocycles. The summed E-state index contributed by atoms with van der Waals surface area (Å²) in [6, 6.07) is 0. The first-order valence-electron chi connectivity index (χ1n) is 6.94. The van der Waals surface area contributed by atoms with Crippen molar-refractivity contribution in [3.05, 3.63) is 0 Å². The lowest BCUT2D eigenvalue weighted by Crippen LogP contribution is -2.42. The number of carboxylic acids is 1. The lowest BCUT2D eigenvalue weighted by Gasteiger charge is -2.07. The maximum atomic E-state index is 11.4. The zero-order valence-electron chi connectivity index (χ0n) is 12.8. The Bertz CT molecular complexity index is 451. The van der Waals surface area contributed by atoms with Gasteiger partial charge in [0.1, 0.15) is 6.54 Å². The van der Waals surface area contributed by atoms with E-state index in [1.54, 1.807) is 0 Å². The lowest BCUT2D eigenvalue weighted by molar-refractivity contribution is -0.141. The fourth-order valence-electron chi connectivity index (χ4n) is 1.40. The van der Waals surface area contributed by atoms with Crippen LogP contribution in [0, 0.1) is 0 Å². The maximum absolute atomic E-state index is 11.4. The molecule has 3 amide bonds. The second-order valence-electron chi connectivity index (χ2n) is 4.51. The monoisotopic (exact) mass is 331 g/mol. The molecule has 130 valence electrons. The molecule has 10 nitrogen and oxygen atoms in total. The predicted molar refractivity (Wildman–Crippen MR) is 77.1 cm³/mol. The Morgan fingerprint density at radius 1 is 0.783 bits per heavy atom. The number of ether oxygens (including phenoxy) is 1. The highest BCUT2D eigenvalue weighted by Crippen LogP contribution is 2.00. The van der Waals surface area contributed by atoms with Crippen molar-refractivity contribution < 1.29 is 33.8 Å². The summed E-state index contributed by atoms with van der Waals surface area (Å²) in [6.07, 6.45) is 1.40. The number of unbranched alkanes of at least 4 members (excludes halogenated alkanes) is 1. The van der Waals surface area contributed by atoms with Crippen LogP contribution in [0.25, 0.3) is 0 Å². The summed E-state index contributed by atoms with van der Waals surface area (Å²) in [5.74, 6) is -3.09. The molecular formula is C13H21N3O7. The first-order chi connectivity index (χ1) is 10.8. The van der Waals surface area contributed by atoms with Crippen LogP contribution in [-0.2, 0) is 28.7 Å². The molecule has 0 aliphatic carbocycles. The second kappa shape index (κ2) is 12.0. The molecule has 4 N–H and O–H groups in total. The second-order valence-corrected chi connectivity index (χ2v) is 4.51. The van der Waals surface area contributed by atoms with Crippen molar-refractivity contribution in [1.82, 2.24) is 16.0 Å². The van der Waals surface area contributed by atoms with E-state index in [2.05, 4.69) is 20.7 Å². The number of carbonyl (C=O) groups excluding carboxylic acids is 4. The molecule has 0 saturated heterocycles. The average Bonchev–Trinajstić information content (AvgIpc) is 2.52. The highest BCUT2D eigenvalue weighted by atomic mass is 16.5. The summed E-state index contributed by atoms with van der Waals surface area (Å²) in [5.41, 5.74) is 0. The van der Waals surface area contributed by atoms with Crippen LogP contribution in [0.4, 0.5) is 0 Å². The average molecular weight is 331 g/mol. The smallest absolute Gasteiger partial charge is 0.322 e. The Morgan fingerprint density at radius 2 is 1.26 bits per heavy atom. The molecule has 0 radical (unpaired) electrons. The molecule has 0 heterocycles. The number of aliphatic carboxylic acids is 1. The van der Waals surface area contributed by atoms with Crippen LogP contribution < -0.4 is 16.0 Å². The summed E-state index contributed by atoms with van der Waals surface area (Å²) in [4.78, 5) is 55.0. The molecule has 0 aliphatic rings. The summed E-state index contributed by atoms with van der Waals surface area (Å²) >= 11 is 0. The quantitative estimate of drug-likeness (QED) is 0.256. The fraction of sp³-hybridized carbons (Fsp3) is 0.615. The minimum absolute atomic E-state index is 0.170. The molecule has 0 unspecified atom stereocenters. The largest absolute Gasteiger partial charge is 0.480 e. The van der Waals surface area contributed by atoms with Gasteiger partial charge in [-0.2, -0.15) is 0 Å². The van der Waals surface area contributed by atoms with E-state index in [1.165, 1.54) is 7.11 Å². The third-order valence-corrected chi connectivity index (χ3v) is 2.59. The number of esters is 1. The highest BCUT2D eigenvalue weighted by Gasteiger charge is 2.09. The van der Waals surface area contributed by atoms with Gasteiger partial charge in [0.2, 0.25) is 17.7 Å². The van der Waals surface area contributed by atoms with E-state index in [4.69, 9.17) is 5.11 Å². The zero-order valence-corrected chi connectivity index (χ0v) is 12.8. The summed E-state index contributed by atoms with van der Waals surface area (Å²) in [5, 5.41) is 15.0. The van der Waals surface area contributed by atoms with Crippen molar-refractivity contribution in [2.24, 2.45) is 0 Å². The molecule has 0 spiro atoms. The normalized spacial score (nSPS) is 9.61. The Morgan fingerprint density at radius 3 is 1.78 bits per heavy atom. The van der Waals surface area contributed by atoms with E-state index in [9.17, 15) is 24.0 Å². The first kappa shape index (κ1) is 20.3. The van der Waals surface area contributed by atoms with Crippen LogP contribution in [0.3, 0.4) is 0 Å². The van der Waals surface area contributed by atoms with Crippen molar-refractivity contribution in [2.75, 3.05) is 26.7 Å². The Balaban J connectivity index is 3.68. The first-order valence-corrected chi connectivity index (χ1v) is 6.94. The molecular weight excluding hydrogens is 310 g/mol. The lowest BCUT2D eigenvalue weighted by atomic mass is 10.2. The summed E-state index contributed by atoms with van der Waals surface area (Å²) in [7, 11) is 1.29. The van der Waals surface area contributed by atoms with Gasteiger partial charge >= 0.3 is 11.9 Å². The van der Waals surface area contributed by atoms with E-state index >= 15 is 0 Å². The fourth-order valence-corrected chi connectivity index (χ4v) is 1.40. The minimum Gasteiger partial charge on any atom is -0.480 e. The van der Waals surface area contributed by atoms with Crippen LogP contribution in [0.15, 0.2) is 0 Å². The molecule has 0 atom stereocenters. The third-order valence-electron chi connectivity index (χ3n) is 2.59.